The maximum absolute atomic E-state index is 14.2. The van der Waals surface area contributed by atoms with Gasteiger partial charge in [-0.15, -0.1) is 0 Å². The number of fused-ring (bicyclic) bond motifs is 1. The second-order valence-electron chi connectivity index (χ2n) is 10.6. The molecule has 6 rings (SSSR count). The van der Waals surface area contributed by atoms with E-state index in [0.29, 0.717) is 55.6 Å². The van der Waals surface area contributed by atoms with E-state index in [0.717, 1.165) is 40.8 Å². The molecule has 0 bridgehead atoms. The monoisotopic (exact) mass is 536 g/mol. The molecule has 1 aliphatic carbocycles. The van der Waals surface area contributed by atoms with Crippen LogP contribution in [-0.4, -0.2) is 36.6 Å². The standard InChI is InChI=1S/C31H32N6O3/c1-2-3-9-28-26(30(40)36(31-32-19-33-37(28)31)22-11-13-23(38)14-12-22)17-20-10-15-24(21-7-5-4-6-8-21)25(16-20)27-18-29(39)35-34-27/h4-8,10,15-16,19,22H,2-3,9,11-14,17-18H2,1H3,(H,35,39). The summed E-state index contributed by atoms with van der Waals surface area (Å²) >= 11 is 0. The number of nitrogens with one attached hydrogen (secondary N) is 1. The minimum Gasteiger partial charge on any atom is -0.300 e. The van der Waals surface area contributed by atoms with E-state index < -0.39 is 0 Å². The number of carbonyl (C=O) groups is 2. The summed E-state index contributed by atoms with van der Waals surface area (Å²) in [6, 6.07) is 16.1. The van der Waals surface area contributed by atoms with Gasteiger partial charge in [0.1, 0.15) is 12.1 Å². The molecule has 1 fully saturated rings. The molecule has 1 N–H and O–H groups in total. The topological polar surface area (TPSA) is 111 Å². The lowest BCUT2D eigenvalue weighted by Crippen LogP contribution is -2.34. The number of benzene rings is 2. The third-order valence-corrected chi connectivity index (χ3v) is 7.98. The van der Waals surface area contributed by atoms with Crippen LogP contribution in [0.1, 0.15) is 80.3 Å². The van der Waals surface area contributed by atoms with Crippen LogP contribution in [0.2, 0.25) is 0 Å². The highest BCUT2D eigenvalue weighted by Crippen LogP contribution is 2.30. The molecule has 40 heavy (non-hydrogen) atoms. The SMILES string of the molecule is CCCCc1c(Cc2ccc(-c3ccccc3)c(C3=NNC(=O)C3)c2)c(=O)n(C2CCC(=O)CC2)c2ncnn12. The molecule has 2 aliphatic rings. The first-order chi connectivity index (χ1) is 19.5. The van der Waals surface area contributed by atoms with Crippen LogP contribution in [0.25, 0.3) is 16.9 Å². The molecular weight excluding hydrogens is 504 g/mol. The highest BCUT2D eigenvalue weighted by atomic mass is 16.2. The third-order valence-electron chi connectivity index (χ3n) is 7.98. The Bertz CT molecular complexity index is 1670. The molecule has 0 spiro atoms. The molecule has 9 nitrogen and oxygen atoms in total. The van der Waals surface area contributed by atoms with Crippen molar-refractivity contribution in [2.24, 2.45) is 5.10 Å². The van der Waals surface area contributed by atoms with Crippen LogP contribution in [0, 0.1) is 0 Å². The number of amides is 1. The minimum absolute atomic E-state index is 0.0605. The Labute approximate surface area is 231 Å². The summed E-state index contributed by atoms with van der Waals surface area (Å²) in [6.45, 7) is 2.13. The Morgan fingerprint density at radius 1 is 1.00 bits per heavy atom. The van der Waals surface area contributed by atoms with Gasteiger partial charge in [-0.2, -0.15) is 15.2 Å². The maximum Gasteiger partial charge on any atom is 0.259 e. The average molecular weight is 537 g/mol. The molecule has 1 saturated carbocycles. The van der Waals surface area contributed by atoms with E-state index in [1.807, 2.05) is 34.8 Å². The number of Topliss-reactive ketones (excluding diaryl/α,β-unsaturated/α-hetero) is 1. The highest BCUT2D eigenvalue weighted by molar-refractivity contribution is 6.16. The summed E-state index contributed by atoms with van der Waals surface area (Å²) in [7, 11) is 0. The summed E-state index contributed by atoms with van der Waals surface area (Å²) in [6.07, 6.45) is 6.97. The van der Waals surface area contributed by atoms with E-state index in [-0.39, 0.29) is 29.7 Å². The van der Waals surface area contributed by atoms with E-state index in [9.17, 15) is 14.4 Å². The summed E-state index contributed by atoms with van der Waals surface area (Å²) in [4.78, 5) is 42.7. The van der Waals surface area contributed by atoms with Crippen molar-refractivity contribution in [2.75, 3.05) is 0 Å². The van der Waals surface area contributed by atoms with Crippen molar-refractivity contribution < 1.29 is 9.59 Å². The lowest BCUT2D eigenvalue weighted by atomic mass is 9.91. The predicted octanol–water partition coefficient (Wildman–Crippen LogP) is 4.40. The summed E-state index contributed by atoms with van der Waals surface area (Å²) in [5.74, 6) is 0.659. The summed E-state index contributed by atoms with van der Waals surface area (Å²) in [5.41, 5.74) is 8.64. The molecular formula is C31H32N6O3. The number of aryl methyl sites for hydroxylation is 1. The van der Waals surface area contributed by atoms with E-state index >= 15 is 0 Å². The predicted molar refractivity (Wildman–Crippen MR) is 152 cm³/mol. The maximum atomic E-state index is 14.2. The molecule has 1 amide bonds. The molecule has 0 saturated heterocycles. The van der Waals surface area contributed by atoms with Gasteiger partial charge in [0.05, 0.1) is 17.8 Å². The normalized spacial score (nSPS) is 16.0. The van der Waals surface area contributed by atoms with Crippen LogP contribution in [0.4, 0.5) is 0 Å². The number of unbranched alkanes of at least 4 members (excludes halogenated alkanes) is 1. The highest BCUT2D eigenvalue weighted by Gasteiger charge is 2.27. The molecule has 1 aliphatic heterocycles. The molecule has 2 aromatic carbocycles. The van der Waals surface area contributed by atoms with Gasteiger partial charge in [-0.25, -0.2) is 9.94 Å². The number of rotatable bonds is 8. The molecule has 0 unspecified atom stereocenters. The molecule has 204 valence electrons. The van der Waals surface area contributed by atoms with E-state index in [1.165, 1.54) is 6.33 Å². The van der Waals surface area contributed by atoms with Crippen LogP contribution in [-0.2, 0) is 22.4 Å². The fraction of sp³-hybridized carbons (Fsp3) is 0.355. The third kappa shape index (κ3) is 4.87. The van der Waals surface area contributed by atoms with E-state index in [4.69, 9.17) is 0 Å². The smallest absolute Gasteiger partial charge is 0.259 e. The molecule has 4 aromatic rings. The van der Waals surface area contributed by atoms with Crippen LogP contribution < -0.4 is 11.0 Å². The molecule has 0 atom stereocenters. The fourth-order valence-corrected chi connectivity index (χ4v) is 5.90. The van der Waals surface area contributed by atoms with Gasteiger partial charge in [-0.1, -0.05) is 55.8 Å². The average Bonchev–Trinajstić information content (AvgIpc) is 3.63. The number of aromatic nitrogens is 4. The van der Waals surface area contributed by atoms with Crippen molar-refractivity contribution in [3.8, 4) is 11.1 Å². The quantitative estimate of drug-likeness (QED) is 0.359. The van der Waals surface area contributed by atoms with Crippen LogP contribution in [0.15, 0.2) is 64.8 Å². The number of carbonyl (C=O) groups excluding carboxylic acids is 2. The van der Waals surface area contributed by atoms with Crippen molar-refractivity contribution in [3.63, 3.8) is 0 Å². The van der Waals surface area contributed by atoms with Crippen molar-refractivity contribution in [2.45, 2.75) is 70.8 Å². The molecule has 0 radical (unpaired) electrons. The first-order valence-electron chi connectivity index (χ1n) is 14.0. The largest absolute Gasteiger partial charge is 0.300 e. The Morgan fingerprint density at radius 2 is 1.80 bits per heavy atom. The zero-order chi connectivity index (χ0) is 27.6. The number of nitrogens with zero attached hydrogens (tertiary/aromatic N) is 5. The van der Waals surface area contributed by atoms with Gasteiger partial charge in [-0.05, 0) is 48.4 Å². The molecule has 3 heterocycles. The van der Waals surface area contributed by atoms with Crippen molar-refractivity contribution in [1.82, 2.24) is 24.6 Å². The van der Waals surface area contributed by atoms with Crippen LogP contribution in [0.3, 0.4) is 0 Å². The number of ketones is 1. The first kappa shape index (κ1) is 25.9. The van der Waals surface area contributed by atoms with Gasteiger partial charge in [0.2, 0.25) is 11.7 Å². The lowest BCUT2D eigenvalue weighted by molar-refractivity contribution is -0.121. The van der Waals surface area contributed by atoms with Gasteiger partial charge in [0.15, 0.2) is 0 Å². The van der Waals surface area contributed by atoms with Crippen molar-refractivity contribution in [3.05, 3.63) is 87.6 Å². The van der Waals surface area contributed by atoms with Gasteiger partial charge in [0, 0.05) is 36.4 Å². The second kappa shape index (κ2) is 11.0. The fourth-order valence-electron chi connectivity index (χ4n) is 5.90. The summed E-state index contributed by atoms with van der Waals surface area (Å²) < 4.78 is 3.60. The Balaban J connectivity index is 1.48. The number of hydrazone groups is 1. The first-order valence-corrected chi connectivity index (χ1v) is 14.0. The minimum atomic E-state index is -0.133. The van der Waals surface area contributed by atoms with Gasteiger partial charge in [-0.3, -0.25) is 19.0 Å². The summed E-state index contributed by atoms with van der Waals surface area (Å²) in [5, 5.41) is 8.86. The van der Waals surface area contributed by atoms with E-state index in [2.05, 4.69) is 45.7 Å². The number of hydrogen-bond acceptors (Lipinski definition) is 6. The zero-order valence-corrected chi connectivity index (χ0v) is 22.6. The van der Waals surface area contributed by atoms with Gasteiger partial charge < -0.3 is 0 Å². The molecule has 2 aromatic heterocycles. The van der Waals surface area contributed by atoms with Gasteiger partial charge in [0.25, 0.3) is 5.56 Å². The lowest BCUT2D eigenvalue weighted by Gasteiger charge is -2.25. The zero-order valence-electron chi connectivity index (χ0n) is 22.6. The van der Waals surface area contributed by atoms with Gasteiger partial charge >= 0.3 is 0 Å². The Morgan fingerprint density at radius 3 is 2.52 bits per heavy atom. The second-order valence-corrected chi connectivity index (χ2v) is 10.6. The Kier molecular flexibility index (Phi) is 7.11. The van der Waals surface area contributed by atoms with Crippen LogP contribution in [0.5, 0.6) is 0 Å². The van der Waals surface area contributed by atoms with Crippen molar-refractivity contribution >= 4 is 23.2 Å². The Hall–Kier alpha value is -4.40. The number of hydrogen-bond donors (Lipinski definition) is 1. The van der Waals surface area contributed by atoms with Crippen LogP contribution >= 0.6 is 0 Å². The van der Waals surface area contributed by atoms with Crippen molar-refractivity contribution in [1.29, 1.82) is 0 Å². The van der Waals surface area contributed by atoms with E-state index in [1.54, 1.807) is 4.57 Å². The molecule has 9 heteroatoms.